The van der Waals surface area contributed by atoms with Gasteiger partial charge in [0.25, 0.3) is 5.91 Å². The van der Waals surface area contributed by atoms with Gasteiger partial charge in [0, 0.05) is 5.39 Å². The SMILES string of the molecule is COC(=O)c1ccccc1NC(=O)COC(=O)c1cc2cc(C)ccc2nc1C. The van der Waals surface area contributed by atoms with E-state index < -0.39 is 24.5 Å². The Hall–Kier alpha value is -3.74. The lowest BCUT2D eigenvalue weighted by atomic mass is 10.1. The number of amides is 1. The average Bonchev–Trinajstić information content (AvgIpc) is 2.71. The summed E-state index contributed by atoms with van der Waals surface area (Å²) in [7, 11) is 1.25. The third-order valence-electron chi connectivity index (χ3n) is 4.32. The zero-order valence-electron chi connectivity index (χ0n) is 16.3. The second-order valence-corrected chi connectivity index (χ2v) is 6.48. The number of nitrogens with zero attached hydrogens (tertiary/aromatic N) is 1. The second kappa shape index (κ2) is 8.52. The first-order valence-corrected chi connectivity index (χ1v) is 8.91. The molecule has 7 nitrogen and oxygen atoms in total. The molecule has 3 rings (SSSR count). The Morgan fingerprint density at radius 2 is 1.72 bits per heavy atom. The molecule has 0 saturated heterocycles. The lowest BCUT2D eigenvalue weighted by Crippen LogP contribution is -2.22. The van der Waals surface area contributed by atoms with E-state index in [4.69, 9.17) is 4.74 Å². The maximum absolute atomic E-state index is 12.5. The summed E-state index contributed by atoms with van der Waals surface area (Å²) in [4.78, 5) is 40.8. The van der Waals surface area contributed by atoms with Crippen molar-refractivity contribution in [1.82, 2.24) is 4.98 Å². The molecular weight excluding hydrogens is 372 g/mol. The Morgan fingerprint density at radius 3 is 2.48 bits per heavy atom. The summed E-state index contributed by atoms with van der Waals surface area (Å²) >= 11 is 0. The van der Waals surface area contributed by atoms with Crippen molar-refractivity contribution in [2.45, 2.75) is 13.8 Å². The minimum Gasteiger partial charge on any atom is -0.465 e. The van der Waals surface area contributed by atoms with Crippen molar-refractivity contribution in [2.24, 2.45) is 0 Å². The number of ether oxygens (including phenoxy) is 2. The van der Waals surface area contributed by atoms with Gasteiger partial charge >= 0.3 is 11.9 Å². The quantitative estimate of drug-likeness (QED) is 0.669. The Balaban J connectivity index is 1.70. The van der Waals surface area contributed by atoms with Crippen LogP contribution in [-0.2, 0) is 14.3 Å². The molecule has 7 heteroatoms. The van der Waals surface area contributed by atoms with Crippen LogP contribution in [0.15, 0.2) is 48.5 Å². The monoisotopic (exact) mass is 392 g/mol. The average molecular weight is 392 g/mol. The van der Waals surface area contributed by atoms with Gasteiger partial charge in [0.05, 0.1) is 35.1 Å². The minimum absolute atomic E-state index is 0.208. The first-order valence-electron chi connectivity index (χ1n) is 8.91. The van der Waals surface area contributed by atoms with Crippen molar-refractivity contribution in [3.8, 4) is 0 Å². The number of rotatable bonds is 5. The molecule has 29 heavy (non-hydrogen) atoms. The van der Waals surface area contributed by atoms with Crippen LogP contribution in [0.3, 0.4) is 0 Å². The van der Waals surface area contributed by atoms with Gasteiger partial charge in [-0.05, 0) is 44.2 Å². The molecule has 0 bridgehead atoms. The van der Waals surface area contributed by atoms with Crippen molar-refractivity contribution in [3.63, 3.8) is 0 Å². The van der Waals surface area contributed by atoms with E-state index in [0.717, 1.165) is 16.5 Å². The van der Waals surface area contributed by atoms with Crippen molar-refractivity contribution >= 4 is 34.4 Å². The maximum Gasteiger partial charge on any atom is 0.340 e. The molecule has 0 saturated carbocycles. The third-order valence-corrected chi connectivity index (χ3v) is 4.32. The molecule has 1 aromatic heterocycles. The molecule has 0 unspecified atom stereocenters. The minimum atomic E-state index is -0.644. The third kappa shape index (κ3) is 4.57. The van der Waals surface area contributed by atoms with E-state index in [-0.39, 0.29) is 11.3 Å². The molecule has 0 aliphatic rings. The van der Waals surface area contributed by atoms with E-state index in [0.29, 0.717) is 11.3 Å². The number of benzene rings is 2. The highest BCUT2D eigenvalue weighted by Gasteiger charge is 2.17. The number of anilines is 1. The number of fused-ring (bicyclic) bond motifs is 1. The van der Waals surface area contributed by atoms with Crippen LogP contribution in [0.5, 0.6) is 0 Å². The molecular formula is C22H20N2O5. The summed E-state index contributed by atoms with van der Waals surface area (Å²) in [6, 6.07) is 13.9. The Labute approximate surface area is 167 Å². The van der Waals surface area contributed by atoms with Crippen LogP contribution in [0.2, 0.25) is 0 Å². The number of nitrogens with one attached hydrogen (secondary N) is 1. The van der Waals surface area contributed by atoms with Gasteiger partial charge in [-0.3, -0.25) is 9.78 Å². The molecule has 1 amide bonds. The van der Waals surface area contributed by atoms with Crippen LogP contribution in [0, 0.1) is 13.8 Å². The number of hydrogen-bond donors (Lipinski definition) is 1. The first kappa shape index (κ1) is 20.0. The van der Waals surface area contributed by atoms with Crippen molar-refractivity contribution < 1.29 is 23.9 Å². The predicted octanol–water partition coefficient (Wildman–Crippen LogP) is 3.43. The van der Waals surface area contributed by atoms with E-state index in [1.54, 1.807) is 31.2 Å². The number of para-hydroxylation sites is 1. The molecule has 0 spiro atoms. The molecule has 148 valence electrons. The van der Waals surface area contributed by atoms with E-state index in [1.165, 1.54) is 13.2 Å². The summed E-state index contributed by atoms with van der Waals surface area (Å²) in [6.07, 6.45) is 0. The molecule has 1 heterocycles. The highest BCUT2D eigenvalue weighted by atomic mass is 16.5. The maximum atomic E-state index is 12.5. The first-order chi connectivity index (χ1) is 13.9. The molecule has 1 N–H and O–H groups in total. The highest BCUT2D eigenvalue weighted by molar-refractivity contribution is 6.02. The van der Waals surface area contributed by atoms with Crippen molar-refractivity contribution in [2.75, 3.05) is 19.0 Å². The van der Waals surface area contributed by atoms with Gasteiger partial charge in [-0.1, -0.05) is 23.8 Å². The molecule has 0 aliphatic heterocycles. The smallest absolute Gasteiger partial charge is 0.340 e. The fourth-order valence-electron chi connectivity index (χ4n) is 2.87. The van der Waals surface area contributed by atoms with Gasteiger partial charge in [0.2, 0.25) is 0 Å². The number of esters is 2. The topological polar surface area (TPSA) is 94.6 Å². The Kier molecular flexibility index (Phi) is 5.87. The molecule has 0 aliphatic carbocycles. The fourth-order valence-corrected chi connectivity index (χ4v) is 2.87. The zero-order valence-corrected chi connectivity index (χ0v) is 16.3. The molecule has 0 atom stereocenters. The molecule has 0 radical (unpaired) electrons. The van der Waals surface area contributed by atoms with Gasteiger partial charge in [-0.2, -0.15) is 0 Å². The van der Waals surface area contributed by atoms with E-state index in [2.05, 4.69) is 15.0 Å². The summed E-state index contributed by atoms with van der Waals surface area (Å²) < 4.78 is 9.83. The van der Waals surface area contributed by atoms with Crippen molar-refractivity contribution in [3.05, 3.63) is 70.9 Å². The largest absolute Gasteiger partial charge is 0.465 e. The standard InChI is InChI=1S/C22H20N2O5/c1-13-8-9-18-15(10-13)11-17(14(2)23-18)22(27)29-12-20(25)24-19-7-5-4-6-16(19)21(26)28-3/h4-11H,12H2,1-3H3,(H,24,25). The van der Waals surface area contributed by atoms with Gasteiger partial charge < -0.3 is 14.8 Å². The van der Waals surface area contributed by atoms with E-state index in [9.17, 15) is 14.4 Å². The number of carbonyl (C=O) groups excluding carboxylic acids is 3. The summed E-state index contributed by atoms with van der Waals surface area (Å²) in [5, 5.41) is 3.37. The van der Waals surface area contributed by atoms with Crippen LogP contribution >= 0.6 is 0 Å². The highest BCUT2D eigenvalue weighted by Crippen LogP contribution is 2.19. The van der Waals surface area contributed by atoms with Gasteiger partial charge in [-0.15, -0.1) is 0 Å². The zero-order chi connectivity index (χ0) is 21.0. The lowest BCUT2D eigenvalue weighted by Gasteiger charge is -2.11. The van der Waals surface area contributed by atoms with Crippen molar-refractivity contribution in [1.29, 1.82) is 0 Å². The van der Waals surface area contributed by atoms with Gasteiger partial charge in [-0.25, -0.2) is 9.59 Å². The predicted molar refractivity (Wildman–Crippen MR) is 108 cm³/mol. The van der Waals surface area contributed by atoms with Crippen LogP contribution in [0.1, 0.15) is 32.0 Å². The van der Waals surface area contributed by atoms with Crippen LogP contribution < -0.4 is 5.32 Å². The number of methoxy groups -OCH3 is 1. The molecule has 0 fully saturated rings. The summed E-state index contributed by atoms with van der Waals surface area (Å²) in [5.74, 6) is -1.79. The van der Waals surface area contributed by atoms with E-state index >= 15 is 0 Å². The number of hydrogen-bond acceptors (Lipinski definition) is 6. The number of pyridine rings is 1. The lowest BCUT2D eigenvalue weighted by molar-refractivity contribution is -0.119. The molecule has 3 aromatic rings. The number of aryl methyl sites for hydroxylation is 2. The number of carbonyl (C=O) groups is 3. The van der Waals surface area contributed by atoms with Crippen LogP contribution in [0.25, 0.3) is 10.9 Å². The Bertz CT molecular complexity index is 1110. The van der Waals surface area contributed by atoms with Gasteiger partial charge in [0.15, 0.2) is 6.61 Å². The summed E-state index contributed by atoms with van der Waals surface area (Å²) in [6.45, 7) is 3.16. The Morgan fingerprint density at radius 1 is 0.966 bits per heavy atom. The normalized spacial score (nSPS) is 10.4. The van der Waals surface area contributed by atoms with E-state index in [1.807, 2.05) is 25.1 Å². The number of aromatic nitrogens is 1. The summed E-state index contributed by atoms with van der Waals surface area (Å²) in [5.41, 5.74) is 3.13. The molecule has 2 aromatic carbocycles. The van der Waals surface area contributed by atoms with Crippen LogP contribution in [0.4, 0.5) is 5.69 Å². The fraction of sp³-hybridized carbons (Fsp3) is 0.182. The van der Waals surface area contributed by atoms with Crippen LogP contribution in [-0.4, -0.2) is 36.5 Å². The second-order valence-electron chi connectivity index (χ2n) is 6.48. The van der Waals surface area contributed by atoms with Gasteiger partial charge in [0.1, 0.15) is 0 Å².